The first kappa shape index (κ1) is 13.0. The summed E-state index contributed by atoms with van der Waals surface area (Å²) in [5.74, 6) is 0.624. The summed E-state index contributed by atoms with van der Waals surface area (Å²) in [5.41, 5.74) is 4.72. The van der Waals surface area contributed by atoms with Gasteiger partial charge in [-0.25, -0.2) is 7.98 Å². The number of rotatable bonds is 0. The Balaban J connectivity index is 1.60. The van der Waals surface area contributed by atoms with Crippen molar-refractivity contribution in [1.29, 1.82) is 0 Å². The van der Waals surface area contributed by atoms with Crippen LogP contribution in [0.15, 0.2) is 12.1 Å². The molecule has 1 atom stereocenters. The van der Waals surface area contributed by atoms with Crippen molar-refractivity contribution in [3.8, 4) is 6.01 Å². The second-order valence-electron chi connectivity index (χ2n) is 7.67. The maximum Gasteiger partial charge on any atom is 0.298 e. The molecule has 3 saturated heterocycles. The van der Waals surface area contributed by atoms with Crippen LogP contribution in [0.2, 0.25) is 0 Å². The summed E-state index contributed by atoms with van der Waals surface area (Å²) in [7, 11) is 6.54. The molecule has 0 saturated carbocycles. The molecule has 1 aromatic heterocycles. The van der Waals surface area contributed by atoms with Crippen LogP contribution in [0.5, 0.6) is 6.01 Å². The van der Waals surface area contributed by atoms with E-state index in [0.29, 0.717) is 10.3 Å². The zero-order chi connectivity index (χ0) is 15.1. The summed E-state index contributed by atoms with van der Waals surface area (Å²) < 4.78 is 9.41. The summed E-state index contributed by atoms with van der Waals surface area (Å²) in [4.78, 5) is 4.74. The number of nitrogens with zero attached hydrogens (tertiary/aromatic N) is 3. The highest BCUT2D eigenvalue weighted by Crippen LogP contribution is 2.47. The number of fused-ring (bicyclic) bond motifs is 5. The molecule has 2 bridgehead atoms. The Morgan fingerprint density at radius 1 is 1.27 bits per heavy atom. The molecule has 1 unspecified atom stereocenters. The predicted octanol–water partition coefficient (Wildman–Crippen LogP) is 2.11. The fourth-order valence-electron chi connectivity index (χ4n) is 4.79. The van der Waals surface area contributed by atoms with E-state index in [1.807, 2.05) is 0 Å². The van der Waals surface area contributed by atoms with Crippen molar-refractivity contribution in [2.45, 2.75) is 38.8 Å². The number of hydrogen-bond donors (Lipinski definition) is 0. The van der Waals surface area contributed by atoms with Crippen LogP contribution in [0.3, 0.4) is 0 Å². The number of benzene rings is 1. The van der Waals surface area contributed by atoms with E-state index in [1.54, 1.807) is 0 Å². The summed E-state index contributed by atoms with van der Waals surface area (Å²) in [6, 6.07) is 5.21. The first-order chi connectivity index (χ1) is 10.5. The van der Waals surface area contributed by atoms with Crippen LogP contribution in [0.4, 0.5) is 0 Å². The van der Waals surface area contributed by atoms with Gasteiger partial charge in [-0.3, -0.25) is 4.57 Å². The lowest BCUT2D eigenvalue weighted by molar-refractivity contribution is -0.845. The Labute approximate surface area is 132 Å². The number of ether oxygens (including phenoxy) is 1. The van der Waals surface area contributed by atoms with Crippen molar-refractivity contribution in [3.63, 3.8) is 0 Å². The minimum absolute atomic E-state index is 0.124. The Hall–Kier alpha value is -1.49. The molecule has 0 N–H and O–H groups in total. The summed E-state index contributed by atoms with van der Waals surface area (Å²) in [6.45, 7) is 8.32. The standard InChI is InChI=1S/C17H21BN3O/c1-11-7-14-15(8-12(11)2)20-9-17(22-16(20)19-14)10-21(18)5-3-13(17)4-6-21/h7-8,13H,3-6,9-10H2,1-2H3. The van der Waals surface area contributed by atoms with Crippen molar-refractivity contribution in [1.82, 2.24) is 9.55 Å². The van der Waals surface area contributed by atoms with Crippen LogP contribution in [0.25, 0.3) is 11.0 Å². The van der Waals surface area contributed by atoms with Crippen LogP contribution in [-0.2, 0) is 6.54 Å². The fourth-order valence-corrected chi connectivity index (χ4v) is 4.79. The van der Waals surface area contributed by atoms with Gasteiger partial charge < -0.3 is 9.13 Å². The summed E-state index contributed by atoms with van der Waals surface area (Å²) in [6.07, 6.45) is 2.36. The molecule has 4 aliphatic rings. The Kier molecular flexibility index (Phi) is 2.29. The molecule has 2 aromatic rings. The molecule has 4 nitrogen and oxygen atoms in total. The second-order valence-corrected chi connectivity index (χ2v) is 7.67. The fraction of sp³-hybridized carbons (Fsp3) is 0.588. The zero-order valence-electron chi connectivity index (χ0n) is 13.3. The number of aromatic nitrogens is 2. The molecular weight excluding hydrogens is 273 g/mol. The summed E-state index contributed by atoms with van der Waals surface area (Å²) >= 11 is 0. The normalized spacial score (nSPS) is 36.0. The molecule has 3 fully saturated rings. The van der Waals surface area contributed by atoms with Crippen LogP contribution in [0, 0.1) is 19.8 Å². The van der Waals surface area contributed by atoms with Crippen LogP contribution < -0.4 is 4.74 Å². The molecular formula is C17H21BN3O. The van der Waals surface area contributed by atoms with Crippen LogP contribution >= 0.6 is 0 Å². The molecule has 4 aliphatic heterocycles. The lowest BCUT2D eigenvalue weighted by atomic mass is 9.71. The van der Waals surface area contributed by atoms with E-state index < -0.39 is 0 Å². The number of imidazole rings is 1. The number of quaternary nitrogens is 1. The maximum absolute atomic E-state index is 6.54. The van der Waals surface area contributed by atoms with E-state index in [2.05, 4.69) is 30.5 Å². The van der Waals surface area contributed by atoms with Gasteiger partial charge in [-0.1, -0.05) is 0 Å². The van der Waals surface area contributed by atoms with Gasteiger partial charge in [-0.2, -0.15) is 4.98 Å². The highest BCUT2D eigenvalue weighted by Gasteiger charge is 2.55. The molecule has 6 rings (SSSR count). The SMILES string of the molecule is [B-][N+]12CCC(CC1)C1(Cn3c(nc4cc(C)c(C)cc43)O1)C2. The van der Waals surface area contributed by atoms with Crippen molar-refractivity contribution >= 4 is 19.0 Å². The van der Waals surface area contributed by atoms with Gasteiger partial charge in [0.1, 0.15) is 0 Å². The lowest BCUT2D eigenvalue weighted by Crippen LogP contribution is -2.69. The van der Waals surface area contributed by atoms with E-state index in [0.717, 1.165) is 37.7 Å². The van der Waals surface area contributed by atoms with Crippen molar-refractivity contribution in [2.24, 2.45) is 5.92 Å². The quantitative estimate of drug-likeness (QED) is 0.696. The van der Waals surface area contributed by atoms with Gasteiger partial charge in [-0.05, 0) is 49.9 Å². The van der Waals surface area contributed by atoms with Crippen molar-refractivity contribution in [2.75, 3.05) is 19.6 Å². The first-order valence-corrected chi connectivity index (χ1v) is 8.29. The molecule has 0 aliphatic carbocycles. The number of hydrogen-bond acceptors (Lipinski definition) is 2. The average Bonchev–Trinajstić information content (AvgIpc) is 2.94. The smallest absolute Gasteiger partial charge is 0.298 e. The number of aryl methyl sites for hydroxylation is 2. The van der Waals surface area contributed by atoms with Gasteiger partial charge in [0.2, 0.25) is 0 Å². The first-order valence-electron chi connectivity index (χ1n) is 8.29. The molecule has 3 radical (unpaired) electrons. The van der Waals surface area contributed by atoms with Crippen LogP contribution in [0.1, 0.15) is 24.0 Å². The molecule has 0 amide bonds. The third-order valence-electron chi connectivity index (χ3n) is 6.22. The van der Waals surface area contributed by atoms with Gasteiger partial charge in [0.05, 0.1) is 24.1 Å². The molecule has 1 aromatic carbocycles. The Morgan fingerprint density at radius 2 is 2.00 bits per heavy atom. The van der Waals surface area contributed by atoms with E-state index in [-0.39, 0.29) is 5.60 Å². The second kappa shape index (κ2) is 3.88. The van der Waals surface area contributed by atoms with Crippen LogP contribution in [-0.4, -0.2) is 47.2 Å². The van der Waals surface area contributed by atoms with Crippen molar-refractivity contribution < 1.29 is 9.13 Å². The summed E-state index contributed by atoms with van der Waals surface area (Å²) in [5, 5.41) is 0. The number of piperidine rings is 3. The minimum Gasteiger partial charge on any atom is -0.585 e. The average molecular weight is 294 g/mol. The predicted molar refractivity (Wildman–Crippen MR) is 85.9 cm³/mol. The topological polar surface area (TPSA) is 27.1 Å². The van der Waals surface area contributed by atoms with E-state index >= 15 is 0 Å². The zero-order valence-corrected chi connectivity index (χ0v) is 13.3. The Morgan fingerprint density at radius 3 is 2.73 bits per heavy atom. The van der Waals surface area contributed by atoms with Gasteiger partial charge in [0.15, 0.2) is 5.60 Å². The third-order valence-corrected chi connectivity index (χ3v) is 6.22. The highest BCUT2D eigenvalue weighted by atomic mass is 16.5. The monoisotopic (exact) mass is 294 g/mol. The third kappa shape index (κ3) is 1.55. The van der Waals surface area contributed by atoms with Gasteiger partial charge in [0, 0.05) is 19.0 Å². The molecule has 5 heterocycles. The Bertz CT molecular complexity index is 791. The highest BCUT2D eigenvalue weighted by molar-refractivity contribution is 5.97. The molecule has 22 heavy (non-hydrogen) atoms. The molecule has 113 valence electrons. The van der Waals surface area contributed by atoms with Crippen molar-refractivity contribution in [3.05, 3.63) is 23.3 Å². The van der Waals surface area contributed by atoms with E-state index in [9.17, 15) is 0 Å². The van der Waals surface area contributed by atoms with E-state index in [4.69, 9.17) is 17.7 Å². The van der Waals surface area contributed by atoms with Gasteiger partial charge >= 0.3 is 0 Å². The molecule has 1 spiro atoms. The largest absolute Gasteiger partial charge is 0.585 e. The van der Waals surface area contributed by atoms with Gasteiger partial charge in [-0.15, -0.1) is 0 Å². The van der Waals surface area contributed by atoms with E-state index in [1.165, 1.54) is 29.5 Å². The van der Waals surface area contributed by atoms with Gasteiger partial charge in [0.25, 0.3) is 6.01 Å². The molecule has 5 heteroatoms. The lowest BCUT2D eigenvalue weighted by Gasteiger charge is -2.64. The maximum atomic E-state index is 6.54. The minimum atomic E-state index is -0.124.